The normalized spacial score (nSPS) is 16.4. The van der Waals surface area contributed by atoms with Gasteiger partial charge in [-0.1, -0.05) is 13.3 Å². The van der Waals surface area contributed by atoms with E-state index in [1.807, 2.05) is 0 Å². The summed E-state index contributed by atoms with van der Waals surface area (Å²) in [5.74, 6) is 0.656. The Labute approximate surface area is 153 Å². The third kappa shape index (κ3) is 4.88. The van der Waals surface area contributed by atoms with E-state index >= 15 is 0 Å². The fourth-order valence-corrected chi connectivity index (χ4v) is 3.42. The maximum Gasteiger partial charge on any atom is 0.215 e. The van der Waals surface area contributed by atoms with Crippen LogP contribution >= 0.6 is 0 Å². The van der Waals surface area contributed by atoms with Crippen molar-refractivity contribution >= 4 is 12.2 Å². The van der Waals surface area contributed by atoms with Crippen LogP contribution < -0.4 is 4.90 Å². The summed E-state index contributed by atoms with van der Waals surface area (Å²) < 4.78 is 13.3. The van der Waals surface area contributed by atoms with Crippen molar-refractivity contribution in [1.82, 2.24) is 20.1 Å². The molecule has 26 heavy (non-hydrogen) atoms. The standard InChI is InChI=1S/C19H26FN5O/c1-15(13-24-6-3-2-4-7-24)5-8-25(14-26)19-10-18(22-23-19)16-9-17(20)12-21-11-16/h9-12,14-15H,2-8,13H2,1H3,(H,22,23). The van der Waals surface area contributed by atoms with E-state index < -0.39 is 5.82 Å². The molecule has 1 aliphatic rings. The summed E-state index contributed by atoms with van der Waals surface area (Å²) in [5.41, 5.74) is 1.24. The molecule has 1 aliphatic heterocycles. The number of aromatic amines is 1. The molecule has 2 aromatic heterocycles. The van der Waals surface area contributed by atoms with Gasteiger partial charge in [0.2, 0.25) is 6.41 Å². The van der Waals surface area contributed by atoms with E-state index in [1.54, 1.807) is 17.2 Å². The number of rotatable bonds is 8. The Kier molecular flexibility index (Phi) is 6.33. The van der Waals surface area contributed by atoms with Gasteiger partial charge in [0, 0.05) is 30.9 Å². The largest absolute Gasteiger partial charge is 0.303 e. The van der Waals surface area contributed by atoms with E-state index in [0.29, 0.717) is 29.5 Å². The molecule has 1 amide bonds. The zero-order valence-electron chi connectivity index (χ0n) is 15.2. The Bertz CT molecular complexity index is 713. The SMILES string of the molecule is CC(CCN(C=O)c1cc(-c2cncc(F)c2)[nH]n1)CN1CCCCC1. The molecule has 1 N–H and O–H groups in total. The Morgan fingerprint density at radius 1 is 1.31 bits per heavy atom. The number of anilines is 1. The lowest BCUT2D eigenvalue weighted by Gasteiger charge is -2.29. The molecule has 0 bridgehead atoms. The first-order valence-corrected chi connectivity index (χ1v) is 9.26. The third-order valence-corrected chi connectivity index (χ3v) is 4.88. The van der Waals surface area contributed by atoms with Crippen LogP contribution in [-0.4, -0.2) is 52.7 Å². The van der Waals surface area contributed by atoms with E-state index in [1.165, 1.54) is 38.4 Å². The summed E-state index contributed by atoms with van der Waals surface area (Å²) >= 11 is 0. The van der Waals surface area contributed by atoms with E-state index in [4.69, 9.17) is 0 Å². The average molecular weight is 359 g/mol. The number of aromatic nitrogens is 3. The number of carbonyl (C=O) groups is 1. The zero-order valence-corrected chi connectivity index (χ0v) is 15.2. The first-order valence-electron chi connectivity index (χ1n) is 9.26. The number of likely N-dealkylation sites (tertiary alicyclic amines) is 1. The third-order valence-electron chi connectivity index (χ3n) is 4.88. The summed E-state index contributed by atoms with van der Waals surface area (Å²) in [5, 5.41) is 7.05. The van der Waals surface area contributed by atoms with Gasteiger partial charge in [0.15, 0.2) is 5.82 Å². The minimum absolute atomic E-state index is 0.405. The van der Waals surface area contributed by atoms with Crippen molar-refractivity contribution in [3.63, 3.8) is 0 Å². The van der Waals surface area contributed by atoms with Crippen molar-refractivity contribution in [3.8, 4) is 11.3 Å². The Hall–Kier alpha value is -2.28. The first kappa shape index (κ1) is 18.5. The van der Waals surface area contributed by atoms with Gasteiger partial charge in [0.25, 0.3) is 0 Å². The molecule has 1 saturated heterocycles. The summed E-state index contributed by atoms with van der Waals surface area (Å²) in [6.07, 6.45) is 8.35. The van der Waals surface area contributed by atoms with Crippen LogP contribution in [0.15, 0.2) is 24.5 Å². The maximum atomic E-state index is 13.3. The van der Waals surface area contributed by atoms with Gasteiger partial charge in [-0.15, -0.1) is 0 Å². The predicted molar refractivity (Wildman–Crippen MR) is 99.3 cm³/mol. The number of hydrogen-bond acceptors (Lipinski definition) is 4. The lowest BCUT2D eigenvalue weighted by atomic mass is 10.0. The van der Waals surface area contributed by atoms with Crippen LogP contribution in [-0.2, 0) is 4.79 Å². The number of hydrogen-bond donors (Lipinski definition) is 1. The molecule has 2 aromatic rings. The zero-order chi connectivity index (χ0) is 18.4. The van der Waals surface area contributed by atoms with Gasteiger partial charge in [-0.2, -0.15) is 5.10 Å². The molecule has 0 saturated carbocycles. The minimum Gasteiger partial charge on any atom is -0.303 e. The van der Waals surface area contributed by atoms with Crippen molar-refractivity contribution in [2.24, 2.45) is 5.92 Å². The van der Waals surface area contributed by atoms with Crippen LogP contribution in [0.25, 0.3) is 11.3 Å². The molecule has 1 atom stereocenters. The fraction of sp³-hybridized carbons (Fsp3) is 0.526. The lowest BCUT2D eigenvalue weighted by molar-refractivity contribution is -0.107. The van der Waals surface area contributed by atoms with Crippen molar-refractivity contribution in [3.05, 3.63) is 30.3 Å². The number of piperidine rings is 1. The van der Waals surface area contributed by atoms with E-state index in [2.05, 4.69) is 27.0 Å². The molecular formula is C19H26FN5O. The molecule has 3 heterocycles. The van der Waals surface area contributed by atoms with Gasteiger partial charge in [0.05, 0.1) is 11.9 Å². The second kappa shape index (κ2) is 8.89. The average Bonchev–Trinajstić information content (AvgIpc) is 3.13. The number of carbonyl (C=O) groups excluding carboxylic acids is 1. The van der Waals surface area contributed by atoms with Crippen LogP contribution in [0.3, 0.4) is 0 Å². The highest BCUT2D eigenvalue weighted by molar-refractivity contribution is 5.75. The second-order valence-corrected chi connectivity index (χ2v) is 7.09. The van der Waals surface area contributed by atoms with Crippen LogP contribution in [0.1, 0.15) is 32.6 Å². The Morgan fingerprint density at radius 3 is 2.85 bits per heavy atom. The molecular weight excluding hydrogens is 333 g/mol. The fourth-order valence-electron chi connectivity index (χ4n) is 3.42. The van der Waals surface area contributed by atoms with Crippen molar-refractivity contribution in [2.75, 3.05) is 31.1 Å². The van der Waals surface area contributed by atoms with Gasteiger partial charge in [-0.3, -0.25) is 19.8 Å². The highest BCUT2D eigenvalue weighted by Gasteiger charge is 2.16. The van der Waals surface area contributed by atoms with Crippen LogP contribution in [0.2, 0.25) is 0 Å². The van der Waals surface area contributed by atoms with Gasteiger partial charge >= 0.3 is 0 Å². The maximum absolute atomic E-state index is 13.3. The molecule has 1 unspecified atom stereocenters. The molecule has 0 aliphatic carbocycles. The number of nitrogens with one attached hydrogen (secondary N) is 1. The van der Waals surface area contributed by atoms with Gasteiger partial charge < -0.3 is 4.90 Å². The van der Waals surface area contributed by atoms with Gasteiger partial charge in [-0.05, 0) is 44.3 Å². The molecule has 0 aromatic carbocycles. The lowest BCUT2D eigenvalue weighted by Crippen LogP contribution is -2.34. The molecule has 1 fully saturated rings. The van der Waals surface area contributed by atoms with Crippen LogP contribution in [0.4, 0.5) is 10.2 Å². The van der Waals surface area contributed by atoms with Crippen LogP contribution in [0, 0.1) is 11.7 Å². The quantitative estimate of drug-likeness (QED) is 0.736. The summed E-state index contributed by atoms with van der Waals surface area (Å²) in [7, 11) is 0. The molecule has 6 nitrogen and oxygen atoms in total. The Balaban J connectivity index is 1.56. The Morgan fingerprint density at radius 2 is 2.12 bits per heavy atom. The number of halogens is 1. The molecule has 3 rings (SSSR count). The van der Waals surface area contributed by atoms with Crippen molar-refractivity contribution in [1.29, 1.82) is 0 Å². The first-order chi connectivity index (χ1) is 12.7. The summed E-state index contributed by atoms with van der Waals surface area (Å²) in [4.78, 5) is 19.4. The minimum atomic E-state index is -0.405. The van der Waals surface area contributed by atoms with Crippen molar-refractivity contribution in [2.45, 2.75) is 32.6 Å². The molecule has 0 radical (unpaired) electrons. The predicted octanol–water partition coefficient (Wildman–Crippen LogP) is 3.09. The number of amides is 1. The van der Waals surface area contributed by atoms with E-state index in [0.717, 1.165) is 25.6 Å². The van der Waals surface area contributed by atoms with Gasteiger partial charge in [0.1, 0.15) is 5.82 Å². The topological polar surface area (TPSA) is 65.1 Å². The van der Waals surface area contributed by atoms with Crippen molar-refractivity contribution < 1.29 is 9.18 Å². The van der Waals surface area contributed by atoms with E-state index in [9.17, 15) is 9.18 Å². The van der Waals surface area contributed by atoms with Gasteiger partial charge in [-0.25, -0.2) is 4.39 Å². The number of nitrogens with zero attached hydrogens (tertiary/aromatic N) is 4. The second-order valence-electron chi connectivity index (χ2n) is 7.09. The molecule has 0 spiro atoms. The number of pyridine rings is 1. The highest BCUT2D eigenvalue weighted by Crippen LogP contribution is 2.22. The summed E-state index contributed by atoms with van der Waals surface area (Å²) in [6, 6.07) is 3.14. The molecule has 7 heteroatoms. The highest BCUT2D eigenvalue weighted by atomic mass is 19.1. The summed E-state index contributed by atoms with van der Waals surface area (Å²) in [6.45, 7) is 6.29. The smallest absolute Gasteiger partial charge is 0.215 e. The monoisotopic (exact) mass is 359 g/mol. The van der Waals surface area contributed by atoms with Crippen LogP contribution in [0.5, 0.6) is 0 Å². The number of H-pyrrole nitrogens is 1. The van der Waals surface area contributed by atoms with E-state index in [-0.39, 0.29) is 0 Å². The molecule has 140 valence electrons.